The van der Waals surface area contributed by atoms with E-state index in [-0.39, 0.29) is 12.8 Å². The quantitative estimate of drug-likeness (QED) is 0.469. The van der Waals surface area contributed by atoms with E-state index in [1.165, 1.54) is 0 Å². The van der Waals surface area contributed by atoms with E-state index >= 15 is 0 Å². The third-order valence-electron chi connectivity index (χ3n) is 5.82. The van der Waals surface area contributed by atoms with Gasteiger partial charge in [-0.15, -0.1) is 0 Å². The van der Waals surface area contributed by atoms with E-state index < -0.39 is 50.4 Å². The van der Waals surface area contributed by atoms with Gasteiger partial charge in [-0.05, 0) is 64.8 Å². The number of nitrogen functional groups attached to an aromatic ring is 1. The van der Waals surface area contributed by atoms with Gasteiger partial charge in [0.25, 0.3) is 5.91 Å². The molecule has 2 aromatic rings. The van der Waals surface area contributed by atoms with Crippen molar-refractivity contribution >= 4 is 39.3 Å². The molecule has 0 bridgehead atoms. The van der Waals surface area contributed by atoms with E-state index in [1.54, 1.807) is 90.1 Å². The molecule has 4 N–H and O–H groups in total. The van der Waals surface area contributed by atoms with Crippen LogP contribution in [0.25, 0.3) is 0 Å². The number of anilines is 2. The van der Waals surface area contributed by atoms with Gasteiger partial charge < -0.3 is 21.1 Å². The molecular formula is C27H36N4O6S. The minimum atomic E-state index is -3.88. The summed E-state index contributed by atoms with van der Waals surface area (Å²) in [5.41, 5.74) is 6.35. The zero-order chi connectivity index (χ0) is 28.5. The minimum Gasteiger partial charge on any atom is -0.436 e. The fourth-order valence-electron chi connectivity index (χ4n) is 4.22. The van der Waals surface area contributed by atoms with E-state index in [2.05, 4.69) is 10.6 Å². The van der Waals surface area contributed by atoms with Crippen LogP contribution in [0.15, 0.2) is 48.5 Å². The van der Waals surface area contributed by atoms with Gasteiger partial charge in [-0.25, -0.2) is 17.5 Å². The van der Waals surface area contributed by atoms with Crippen LogP contribution in [0, 0.1) is 0 Å². The lowest BCUT2D eigenvalue weighted by Crippen LogP contribution is -2.45. The molecule has 1 heterocycles. The summed E-state index contributed by atoms with van der Waals surface area (Å²) in [6.45, 7) is 10.4. The summed E-state index contributed by atoms with van der Waals surface area (Å²) in [5.74, 6) is -1.01. The number of hydrogen-bond acceptors (Lipinski definition) is 7. The Morgan fingerprint density at radius 3 is 2.18 bits per heavy atom. The molecule has 1 saturated heterocycles. The second-order valence-corrected chi connectivity index (χ2v) is 13.3. The lowest BCUT2D eigenvalue weighted by Gasteiger charge is -2.30. The Morgan fingerprint density at radius 2 is 1.66 bits per heavy atom. The van der Waals surface area contributed by atoms with E-state index in [4.69, 9.17) is 10.5 Å². The number of para-hydroxylation sites is 2. The average Bonchev–Trinajstić information content (AvgIpc) is 3.02. The summed E-state index contributed by atoms with van der Waals surface area (Å²) in [7, 11) is -3.88. The molecule has 206 valence electrons. The van der Waals surface area contributed by atoms with Gasteiger partial charge in [-0.2, -0.15) is 0 Å². The van der Waals surface area contributed by atoms with Crippen molar-refractivity contribution in [3.05, 3.63) is 59.7 Å². The van der Waals surface area contributed by atoms with Gasteiger partial charge in [-0.3, -0.25) is 9.59 Å². The molecule has 0 saturated carbocycles. The van der Waals surface area contributed by atoms with Gasteiger partial charge in [-0.1, -0.05) is 36.4 Å². The van der Waals surface area contributed by atoms with Crippen LogP contribution in [-0.4, -0.2) is 47.8 Å². The molecule has 11 heteroatoms. The van der Waals surface area contributed by atoms with Gasteiger partial charge >= 0.3 is 6.09 Å². The molecule has 1 aliphatic heterocycles. The van der Waals surface area contributed by atoms with Gasteiger partial charge in [0.05, 0.1) is 23.3 Å². The molecule has 1 fully saturated rings. The van der Waals surface area contributed by atoms with Crippen molar-refractivity contribution in [1.29, 1.82) is 0 Å². The van der Waals surface area contributed by atoms with Crippen molar-refractivity contribution in [2.75, 3.05) is 11.1 Å². The van der Waals surface area contributed by atoms with Crippen molar-refractivity contribution in [3.8, 4) is 0 Å². The van der Waals surface area contributed by atoms with Crippen LogP contribution >= 0.6 is 0 Å². The second kappa shape index (κ2) is 10.6. The fourth-order valence-corrected chi connectivity index (χ4v) is 6.45. The summed E-state index contributed by atoms with van der Waals surface area (Å²) in [6.07, 6.45) is -2.07. The number of nitrogens with zero attached hydrogens (tertiary/aromatic N) is 1. The summed E-state index contributed by atoms with van der Waals surface area (Å²) >= 11 is 0. The molecule has 3 amide bonds. The summed E-state index contributed by atoms with van der Waals surface area (Å²) in [5, 5.41) is 4.38. The molecule has 38 heavy (non-hydrogen) atoms. The number of alkyl carbamates (subject to hydrolysis) is 1. The fraction of sp³-hybridized carbons (Fsp3) is 0.444. The SMILES string of the molecule is CC(C)(C)NC(=O)O[C@@H](Cc1ccc(C2CC(=O)N(C(C)(C)C)S2(=O)=O)cc1)C(=O)Nc1ccccc1N. The Balaban J connectivity index is 1.82. The highest BCUT2D eigenvalue weighted by Gasteiger charge is 2.49. The van der Waals surface area contributed by atoms with Crippen LogP contribution in [0.2, 0.25) is 0 Å². The Morgan fingerprint density at radius 1 is 1.05 bits per heavy atom. The maximum atomic E-state index is 13.1. The third-order valence-corrected chi connectivity index (χ3v) is 8.24. The molecule has 0 aliphatic carbocycles. The largest absolute Gasteiger partial charge is 0.436 e. The van der Waals surface area contributed by atoms with Gasteiger partial charge in [0.2, 0.25) is 15.9 Å². The number of nitrogens with one attached hydrogen (secondary N) is 2. The number of nitrogens with two attached hydrogens (primary N) is 1. The Bertz CT molecular complexity index is 1310. The summed E-state index contributed by atoms with van der Waals surface area (Å²) < 4.78 is 32.7. The smallest absolute Gasteiger partial charge is 0.408 e. The van der Waals surface area contributed by atoms with Crippen LogP contribution in [-0.2, 0) is 30.8 Å². The number of carbonyl (C=O) groups is 3. The highest BCUT2D eigenvalue weighted by Crippen LogP contribution is 2.40. The molecule has 0 spiro atoms. The highest BCUT2D eigenvalue weighted by atomic mass is 32.2. The zero-order valence-corrected chi connectivity index (χ0v) is 23.4. The first-order valence-electron chi connectivity index (χ1n) is 12.3. The van der Waals surface area contributed by atoms with Gasteiger partial charge in [0.1, 0.15) is 5.25 Å². The lowest BCUT2D eigenvalue weighted by atomic mass is 10.0. The Labute approximate surface area is 224 Å². The third kappa shape index (κ3) is 6.83. The first-order valence-corrected chi connectivity index (χ1v) is 13.8. The number of amides is 3. The molecule has 2 atom stereocenters. The molecule has 1 aliphatic rings. The van der Waals surface area contributed by atoms with Crippen molar-refractivity contribution in [2.24, 2.45) is 0 Å². The van der Waals surface area contributed by atoms with E-state index in [9.17, 15) is 22.8 Å². The molecule has 0 radical (unpaired) electrons. The second-order valence-electron chi connectivity index (χ2n) is 11.4. The molecular weight excluding hydrogens is 508 g/mol. The Hall–Kier alpha value is -3.60. The average molecular weight is 545 g/mol. The normalized spacial score (nSPS) is 18.1. The maximum Gasteiger partial charge on any atom is 0.408 e. The first kappa shape index (κ1) is 29.0. The van der Waals surface area contributed by atoms with Crippen LogP contribution in [0.4, 0.5) is 16.2 Å². The van der Waals surface area contributed by atoms with E-state index in [1.807, 2.05) is 0 Å². The molecule has 3 rings (SSSR count). The number of sulfonamides is 1. The van der Waals surface area contributed by atoms with E-state index in [0.29, 0.717) is 22.5 Å². The predicted molar refractivity (Wildman–Crippen MR) is 146 cm³/mol. The monoisotopic (exact) mass is 544 g/mol. The number of carbonyl (C=O) groups excluding carboxylic acids is 3. The number of rotatable bonds is 6. The first-order chi connectivity index (χ1) is 17.5. The molecule has 0 aromatic heterocycles. The standard InChI is InChI=1S/C27H36N4O6S/c1-26(2,3)30-25(34)37-21(24(33)29-20-10-8-7-9-19(20)28)15-17-11-13-18(14-12-17)22-16-23(32)31(27(4,5)6)38(22,35)36/h7-14,21-22H,15-16,28H2,1-6H3,(H,29,33)(H,30,34)/t21-,22?/m0/s1. The molecule has 1 unspecified atom stereocenters. The van der Waals surface area contributed by atoms with Crippen molar-refractivity contribution in [3.63, 3.8) is 0 Å². The van der Waals surface area contributed by atoms with Crippen molar-refractivity contribution in [2.45, 2.75) is 76.8 Å². The lowest BCUT2D eigenvalue weighted by molar-refractivity contribution is -0.128. The van der Waals surface area contributed by atoms with Crippen LogP contribution in [0.1, 0.15) is 64.3 Å². The van der Waals surface area contributed by atoms with Crippen LogP contribution in [0.5, 0.6) is 0 Å². The Kier molecular flexibility index (Phi) is 8.11. The summed E-state index contributed by atoms with van der Waals surface area (Å²) in [6, 6.07) is 13.3. The molecule has 10 nitrogen and oxygen atoms in total. The van der Waals surface area contributed by atoms with Gasteiger partial charge in [0.15, 0.2) is 6.10 Å². The predicted octanol–water partition coefficient (Wildman–Crippen LogP) is 3.75. The highest BCUT2D eigenvalue weighted by molar-refractivity contribution is 7.90. The summed E-state index contributed by atoms with van der Waals surface area (Å²) in [4.78, 5) is 38.1. The topological polar surface area (TPSA) is 148 Å². The molecule has 2 aromatic carbocycles. The maximum absolute atomic E-state index is 13.1. The number of benzene rings is 2. The van der Waals surface area contributed by atoms with Crippen molar-refractivity contribution in [1.82, 2.24) is 9.62 Å². The van der Waals surface area contributed by atoms with E-state index in [0.717, 1.165) is 4.31 Å². The van der Waals surface area contributed by atoms with Crippen molar-refractivity contribution < 1.29 is 27.5 Å². The number of ether oxygens (including phenoxy) is 1. The minimum absolute atomic E-state index is 0.0286. The number of hydrogen-bond donors (Lipinski definition) is 3. The van der Waals surface area contributed by atoms with Crippen LogP contribution < -0.4 is 16.4 Å². The van der Waals surface area contributed by atoms with Gasteiger partial charge in [0, 0.05) is 12.0 Å². The van der Waals surface area contributed by atoms with Crippen LogP contribution in [0.3, 0.4) is 0 Å². The zero-order valence-electron chi connectivity index (χ0n) is 22.6.